The molecule has 12 heavy (non-hydrogen) atoms. The SMILES string of the molecule is ClC1(c2ccccc2)N=NN=N1. The zero-order valence-corrected chi connectivity index (χ0v) is 6.81. The van der Waals surface area contributed by atoms with Crippen molar-refractivity contribution >= 4 is 11.6 Å². The minimum Gasteiger partial charge on any atom is -0.112 e. The molecular weight excluding hydrogens is 176 g/mol. The van der Waals surface area contributed by atoms with Crippen molar-refractivity contribution in [1.82, 2.24) is 0 Å². The van der Waals surface area contributed by atoms with Gasteiger partial charge in [0.15, 0.2) is 0 Å². The average Bonchev–Trinajstić information content (AvgIpc) is 2.55. The Balaban J connectivity index is 2.43. The maximum absolute atomic E-state index is 5.98. The monoisotopic (exact) mass is 180 g/mol. The Hall–Kier alpha value is -1.29. The van der Waals surface area contributed by atoms with Crippen molar-refractivity contribution in [2.75, 3.05) is 0 Å². The van der Waals surface area contributed by atoms with Gasteiger partial charge in [-0.25, -0.2) is 0 Å². The van der Waals surface area contributed by atoms with Crippen LogP contribution in [0.1, 0.15) is 5.56 Å². The van der Waals surface area contributed by atoms with Gasteiger partial charge in [0.2, 0.25) is 0 Å². The Bertz CT molecular complexity index is 321. The van der Waals surface area contributed by atoms with Crippen LogP contribution in [0.4, 0.5) is 0 Å². The fourth-order valence-electron chi connectivity index (χ4n) is 0.944. The summed E-state index contributed by atoms with van der Waals surface area (Å²) < 4.78 is 0. The lowest BCUT2D eigenvalue weighted by Crippen LogP contribution is -2.08. The number of rotatable bonds is 1. The molecule has 0 radical (unpaired) electrons. The second-order valence-electron chi connectivity index (χ2n) is 2.33. The molecule has 0 N–H and O–H groups in total. The van der Waals surface area contributed by atoms with Gasteiger partial charge in [0, 0.05) is 5.56 Å². The predicted octanol–water partition coefficient (Wildman–Crippen LogP) is 2.87. The van der Waals surface area contributed by atoms with E-state index in [0.29, 0.717) is 0 Å². The first kappa shape index (κ1) is 7.36. The molecule has 1 aromatic carbocycles. The van der Waals surface area contributed by atoms with Crippen molar-refractivity contribution < 1.29 is 0 Å². The van der Waals surface area contributed by atoms with Crippen molar-refractivity contribution in [3.05, 3.63) is 35.9 Å². The standard InChI is InChI=1S/C7H5ClN4/c8-7(9-11-12-10-7)6-4-2-1-3-5-6/h1-5H. The number of benzene rings is 1. The molecule has 0 aromatic heterocycles. The molecule has 5 heteroatoms. The van der Waals surface area contributed by atoms with Crippen molar-refractivity contribution in [2.45, 2.75) is 5.12 Å². The van der Waals surface area contributed by atoms with E-state index in [1.54, 1.807) is 0 Å². The third-order valence-electron chi connectivity index (χ3n) is 1.54. The second-order valence-corrected chi connectivity index (χ2v) is 2.86. The summed E-state index contributed by atoms with van der Waals surface area (Å²) >= 11 is 5.98. The van der Waals surface area contributed by atoms with Crippen molar-refractivity contribution in [1.29, 1.82) is 0 Å². The number of nitrogens with zero attached hydrogens (tertiary/aromatic N) is 4. The predicted molar refractivity (Wildman–Crippen MR) is 43.7 cm³/mol. The molecule has 0 fully saturated rings. The molecule has 0 unspecified atom stereocenters. The molecule has 1 heterocycles. The number of hydrogen-bond acceptors (Lipinski definition) is 4. The summed E-state index contributed by atoms with van der Waals surface area (Å²) in [6.45, 7) is 0. The van der Waals surface area contributed by atoms with E-state index in [1.807, 2.05) is 30.3 Å². The lowest BCUT2D eigenvalue weighted by atomic mass is 10.2. The smallest absolute Gasteiger partial charge is 0.112 e. The zero-order valence-electron chi connectivity index (χ0n) is 6.05. The van der Waals surface area contributed by atoms with Gasteiger partial charge in [-0.3, -0.25) is 0 Å². The van der Waals surface area contributed by atoms with Crippen molar-refractivity contribution in [2.24, 2.45) is 20.7 Å². The van der Waals surface area contributed by atoms with Gasteiger partial charge in [-0.2, -0.15) is 0 Å². The Morgan fingerprint density at radius 2 is 1.58 bits per heavy atom. The Morgan fingerprint density at radius 3 is 2.17 bits per heavy atom. The highest BCUT2D eigenvalue weighted by Gasteiger charge is 2.31. The molecule has 0 saturated heterocycles. The summed E-state index contributed by atoms with van der Waals surface area (Å²) in [7, 11) is 0. The molecule has 0 amide bonds. The van der Waals surface area contributed by atoms with Gasteiger partial charge in [0.1, 0.15) is 0 Å². The highest BCUT2D eigenvalue weighted by molar-refractivity contribution is 6.23. The first-order valence-corrected chi connectivity index (χ1v) is 3.77. The van der Waals surface area contributed by atoms with E-state index in [2.05, 4.69) is 20.7 Å². The van der Waals surface area contributed by atoms with Crippen LogP contribution in [0.25, 0.3) is 0 Å². The fourth-order valence-corrected chi connectivity index (χ4v) is 1.14. The molecule has 1 aliphatic rings. The highest BCUT2D eigenvalue weighted by Crippen LogP contribution is 2.35. The Morgan fingerprint density at radius 1 is 1.00 bits per heavy atom. The van der Waals surface area contributed by atoms with Gasteiger partial charge in [-0.05, 0) is 10.4 Å². The molecule has 0 saturated carbocycles. The van der Waals surface area contributed by atoms with Gasteiger partial charge in [0.25, 0.3) is 5.12 Å². The first-order valence-electron chi connectivity index (χ1n) is 3.40. The lowest BCUT2D eigenvalue weighted by Gasteiger charge is -2.09. The van der Waals surface area contributed by atoms with E-state index in [4.69, 9.17) is 11.6 Å². The molecule has 0 spiro atoms. The van der Waals surface area contributed by atoms with Gasteiger partial charge in [-0.15, -0.1) is 10.2 Å². The van der Waals surface area contributed by atoms with Gasteiger partial charge >= 0.3 is 0 Å². The third-order valence-corrected chi connectivity index (χ3v) is 1.90. The minimum absolute atomic E-state index is 0.775. The minimum atomic E-state index is -1.12. The first-order chi connectivity index (χ1) is 5.81. The highest BCUT2D eigenvalue weighted by atomic mass is 35.5. The fraction of sp³-hybridized carbons (Fsp3) is 0.143. The average molecular weight is 181 g/mol. The Labute approximate surface area is 74.0 Å². The molecular formula is C7H5ClN4. The number of alkyl halides is 1. The second kappa shape index (κ2) is 2.64. The summed E-state index contributed by atoms with van der Waals surface area (Å²) in [5, 5.41) is 13.0. The van der Waals surface area contributed by atoms with E-state index in [-0.39, 0.29) is 0 Å². The van der Waals surface area contributed by atoms with Crippen LogP contribution in [-0.2, 0) is 5.12 Å². The van der Waals surface area contributed by atoms with E-state index in [1.165, 1.54) is 0 Å². The van der Waals surface area contributed by atoms with Crippen LogP contribution in [0.15, 0.2) is 51.0 Å². The van der Waals surface area contributed by atoms with Crippen LogP contribution in [0.3, 0.4) is 0 Å². The van der Waals surface area contributed by atoms with Crippen molar-refractivity contribution in [3.63, 3.8) is 0 Å². The summed E-state index contributed by atoms with van der Waals surface area (Å²) in [5.74, 6) is 0. The van der Waals surface area contributed by atoms with Gasteiger partial charge < -0.3 is 0 Å². The summed E-state index contributed by atoms with van der Waals surface area (Å²) in [4.78, 5) is 0. The van der Waals surface area contributed by atoms with Crippen LogP contribution >= 0.6 is 11.6 Å². The summed E-state index contributed by atoms with van der Waals surface area (Å²) in [6, 6.07) is 9.28. The molecule has 1 aliphatic heterocycles. The molecule has 1 aromatic rings. The van der Waals surface area contributed by atoms with E-state index in [0.717, 1.165) is 5.56 Å². The number of halogens is 1. The normalized spacial score (nSPS) is 18.4. The van der Waals surface area contributed by atoms with Crippen LogP contribution in [0.5, 0.6) is 0 Å². The maximum Gasteiger partial charge on any atom is 0.293 e. The zero-order chi connectivity index (χ0) is 8.44. The third kappa shape index (κ3) is 1.10. The summed E-state index contributed by atoms with van der Waals surface area (Å²) in [5.41, 5.74) is 0.775. The molecule has 0 atom stereocenters. The Kier molecular flexibility index (Phi) is 1.62. The van der Waals surface area contributed by atoms with Crippen LogP contribution in [0, 0.1) is 0 Å². The molecule has 4 nitrogen and oxygen atoms in total. The van der Waals surface area contributed by atoms with Gasteiger partial charge in [0.05, 0.1) is 0 Å². The largest absolute Gasteiger partial charge is 0.293 e. The van der Waals surface area contributed by atoms with Crippen LogP contribution in [0.2, 0.25) is 0 Å². The quantitative estimate of drug-likeness (QED) is 0.471. The molecule has 60 valence electrons. The van der Waals surface area contributed by atoms with E-state index in [9.17, 15) is 0 Å². The van der Waals surface area contributed by atoms with Gasteiger partial charge in [-0.1, -0.05) is 41.9 Å². The number of hydrogen-bond donors (Lipinski definition) is 0. The molecule has 2 rings (SSSR count). The maximum atomic E-state index is 5.98. The lowest BCUT2D eigenvalue weighted by molar-refractivity contribution is 0.674. The molecule has 0 bridgehead atoms. The van der Waals surface area contributed by atoms with Crippen molar-refractivity contribution in [3.8, 4) is 0 Å². The summed E-state index contributed by atoms with van der Waals surface area (Å²) in [6.07, 6.45) is 0. The van der Waals surface area contributed by atoms with Crippen LogP contribution in [-0.4, -0.2) is 0 Å². The van der Waals surface area contributed by atoms with E-state index >= 15 is 0 Å². The molecule has 0 aliphatic carbocycles. The van der Waals surface area contributed by atoms with Crippen LogP contribution < -0.4 is 0 Å². The van der Waals surface area contributed by atoms with E-state index < -0.39 is 5.12 Å². The topological polar surface area (TPSA) is 49.4 Å².